The molecule has 0 spiro atoms. The van der Waals surface area contributed by atoms with Gasteiger partial charge in [-0.15, -0.1) is 0 Å². The maximum absolute atomic E-state index is 13.1. The molecule has 0 saturated carbocycles. The van der Waals surface area contributed by atoms with E-state index in [1.165, 1.54) is 12.1 Å². The van der Waals surface area contributed by atoms with Gasteiger partial charge in [-0.3, -0.25) is 4.79 Å². The van der Waals surface area contributed by atoms with Crippen LogP contribution in [0, 0.1) is 5.82 Å². The second kappa shape index (κ2) is 5.58. The zero-order valence-corrected chi connectivity index (χ0v) is 11.8. The van der Waals surface area contributed by atoms with Gasteiger partial charge in [0, 0.05) is 27.8 Å². The van der Waals surface area contributed by atoms with E-state index in [1.54, 1.807) is 22.8 Å². The van der Waals surface area contributed by atoms with Crippen LogP contribution in [-0.4, -0.2) is 10.5 Å². The van der Waals surface area contributed by atoms with Gasteiger partial charge in [-0.2, -0.15) is 0 Å². The van der Waals surface area contributed by atoms with Gasteiger partial charge in [-0.25, -0.2) is 4.39 Å². The Hall–Kier alpha value is -2.33. The fraction of sp³-hybridized carbons (Fsp3) is 0.0625. The lowest BCUT2D eigenvalue weighted by molar-refractivity contribution is -0.116. The van der Waals surface area contributed by atoms with E-state index in [-0.39, 0.29) is 18.3 Å². The molecule has 21 heavy (non-hydrogen) atoms. The third-order valence-electron chi connectivity index (χ3n) is 3.18. The molecule has 2 aromatic carbocycles. The van der Waals surface area contributed by atoms with Crippen molar-refractivity contribution in [1.82, 2.24) is 4.57 Å². The van der Waals surface area contributed by atoms with Crippen molar-refractivity contribution in [3.8, 4) is 0 Å². The third-order valence-corrected chi connectivity index (χ3v) is 3.51. The number of carbonyl (C=O) groups excluding carboxylic acids is 1. The summed E-state index contributed by atoms with van der Waals surface area (Å²) in [5, 5.41) is 4.22. The fourth-order valence-electron chi connectivity index (χ4n) is 2.25. The normalized spacial score (nSPS) is 10.8. The molecule has 5 heteroatoms. The zero-order valence-electron chi connectivity index (χ0n) is 11.0. The molecule has 1 N–H and O–H groups in total. The second-order valence-corrected chi connectivity index (χ2v) is 5.08. The first-order valence-corrected chi connectivity index (χ1v) is 6.80. The molecule has 1 amide bonds. The Morgan fingerprint density at radius 2 is 2.00 bits per heavy atom. The summed E-state index contributed by atoms with van der Waals surface area (Å²) in [4.78, 5) is 12.0. The highest BCUT2D eigenvalue weighted by molar-refractivity contribution is 6.35. The van der Waals surface area contributed by atoms with Gasteiger partial charge in [0.2, 0.25) is 5.91 Å². The van der Waals surface area contributed by atoms with E-state index >= 15 is 0 Å². The van der Waals surface area contributed by atoms with E-state index in [1.807, 2.05) is 24.4 Å². The summed E-state index contributed by atoms with van der Waals surface area (Å²) in [6.45, 7) is 0.139. The number of carbonyl (C=O) groups is 1. The maximum atomic E-state index is 13.1. The van der Waals surface area contributed by atoms with Crippen LogP contribution in [0.25, 0.3) is 10.9 Å². The third kappa shape index (κ3) is 2.90. The Balaban J connectivity index is 1.79. The molecular weight excluding hydrogens is 291 g/mol. The number of amides is 1. The maximum Gasteiger partial charge on any atom is 0.244 e. The van der Waals surface area contributed by atoms with E-state index in [9.17, 15) is 9.18 Å². The molecular formula is C16H12ClFN2O. The Morgan fingerprint density at radius 3 is 2.81 bits per heavy atom. The average Bonchev–Trinajstić information content (AvgIpc) is 2.83. The lowest BCUT2D eigenvalue weighted by atomic mass is 10.2. The molecule has 3 nitrogen and oxygen atoms in total. The van der Waals surface area contributed by atoms with E-state index in [0.717, 1.165) is 10.9 Å². The van der Waals surface area contributed by atoms with Crippen LogP contribution in [0.1, 0.15) is 0 Å². The first kappa shape index (κ1) is 13.6. The summed E-state index contributed by atoms with van der Waals surface area (Å²) in [6, 6.07) is 13.2. The molecule has 3 rings (SSSR count). The molecule has 0 saturated heterocycles. The van der Waals surface area contributed by atoms with Gasteiger partial charge in [0.05, 0.1) is 0 Å². The molecule has 0 aliphatic heterocycles. The summed E-state index contributed by atoms with van der Waals surface area (Å²) >= 11 is 6.10. The van der Waals surface area contributed by atoms with Crippen molar-refractivity contribution in [3.63, 3.8) is 0 Å². The highest BCUT2D eigenvalue weighted by Gasteiger charge is 2.08. The number of benzene rings is 2. The van der Waals surface area contributed by atoms with E-state index in [4.69, 9.17) is 11.6 Å². The summed E-state index contributed by atoms with van der Waals surface area (Å²) in [5.41, 5.74) is 1.33. The number of nitrogens with zero attached hydrogens (tertiary/aromatic N) is 1. The largest absolute Gasteiger partial charge is 0.338 e. The molecule has 1 heterocycles. The lowest BCUT2D eigenvalue weighted by Gasteiger charge is -2.07. The van der Waals surface area contributed by atoms with Gasteiger partial charge in [-0.05, 0) is 36.4 Å². The van der Waals surface area contributed by atoms with E-state index < -0.39 is 0 Å². The lowest BCUT2D eigenvalue weighted by Crippen LogP contribution is -2.18. The van der Waals surface area contributed by atoms with Gasteiger partial charge in [0.1, 0.15) is 12.4 Å². The van der Waals surface area contributed by atoms with Gasteiger partial charge in [-0.1, -0.05) is 23.7 Å². The standard InChI is InChI=1S/C16H12ClFN2O/c17-14-5-2-6-15-13(14)7-8-20(15)10-16(21)19-12-4-1-3-11(18)9-12/h1-9H,10H2,(H,19,21). The summed E-state index contributed by atoms with van der Waals surface area (Å²) in [5.74, 6) is -0.607. The van der Waals surface area contributed by atoms with E-state index in [0.29, 0.717) is 10.7 Å². The van der Waals surface area contributed by atoms with Crippen molar-refractivity contribution >= 4 is 34.1 Å². The number of hydrogen-bond acceptors (Lipinski definition) is 1. The fourth-order valence-corrected chi connectivity index (χ4v) is 2.48. The minimum absolute atomic E-state index is 0.139. The number of aromatic nitrogens is 1. The molecule has 0 aliphatic carbocycles. The monoisotopic (exact) mass is 302 g/mol. The Labute approximate surface area is 125 Å². The van der Waals surface area contributed by atoms with Crippen molar-refractivity contribution < 1.29 is 9.18 Å². The van der Waals surface area contributed by atoms with Crippen molar-refractivity contribution in [1.29, 1.82) is 0 Å². The van der Waals surface area contributed by atoms with Crippen LogP contribution in [-0.2, 0) is 11.3 Å². The number of halogens is 2. The van der Waals surface area contributed by atoms with Gasteiger partial charge < -0.3 is 9.88 Å². The number of anilines is 1. The van der Waals surface area contributed by atoms with Gasteiger partial charge >= 0.3 is 0 Å². The van der Waals surface area contributed by atoms with Crippen molar-refractivity contribution in [2.24, 2.45) is 0 Å². The Kier molecular flexibility index (Phi) is 3.62. The average molecular weight is 303 g/mol. The van der Waals surface area contributed by atoms with Crippen LogP contribution in [0.15, 0.2) is 54.7 Å². The van der Waals surface area contributed by atoms with Crippen LogP contribution in [0.2, 0.25) is 5.02 Å². The summed E-state index contributed by atoms with van der Waals surface area (Å²) in [6.07, 6.45) is 1.81. The first-order valence-electron chi connectivity index (χ1n) is 6.42. The highest BCUT2D eigenvalue weighted by Crippen LogP contribution is 2.24. The zero-order chi connectivity index (χ0) is 14.8. The molecule has 0 aliphatic rings. The van der Waals surface area contributed by atoms with Crippen LogP contribution in [0.5, 0.6) is 0 Å². The molecule has 0 bridgehead atoms. The summed E-state index contributed by atoms with van der Waals surface area (Å²) < 4.78 is 14.9. The van der Waals surface area contributed by atoms with Crippen LogP contribution >= 0.6 is 11.6 Å². The van der Waals surface area contributed by atoms with Crippen LogP contribution in [0.3, 0.4) is 0 Å². The minimum atomic E-state index is -0.383. The topological polar surface area (TPSA) is 34.0 Å². The van der Waals surface area contributed by atoms with Crippen molar-refractivity contribution in [2.45, 2.75) is 6.54 Å². The SMILES string of the molecule is O=C(Cn1ccc2c(Cl)cccc21)Nc1cccc(F)c1. The molecule has 0 unspecified atom stereocenters. The van der Waals surface area contributed by atoms with Crippen LogP contribution in [0.4, 0.5) is 10.1 Å². The quantitative estimate of drug-likeness (QED) is 0.777. The Bertz CT molecular complexity index is 813. The molecule has 0 radical (unpaired) electrons. The second-order valence-electron chi connectivity index (χ2n) is 4.67. The van der Waals surface area contributed by atoms with E-state index in [2.05, 4.69) is 5.32 Å². The van der Waals surface area contributed by atoms with Crippen LogP contribution < -0.4 is 5.32 Å². The minimum Gasteiger partial charge on any atom is -0.338 e. The predicted octanol–water partition coefficient (Wildman–Crippen LogP) is 4.07. The molecule has 0 fully saturated rings. The predicted molar refractivity (Wildman–Crippen MR) is 82.0 cm³/mol. The smallest absolute Gasteiger partial charge is 0.244 e. The summed E-state index contributed by atoms with van der Waals surface area (Å²) in [7, 11) is 0. The Morgan fingerprint density at radius 1 is 1.19 bits per heavy atom. The van der Waals surface area contributed by atoms with Gasteiger partial charge in [0.25, 0.3) is 0 Å². The number of rotatable bonds is 3. The number of nitrogens with one attached hydrogen (secondary N) is 1. The number of hydrogen-bond donors (Lipinski definition) is 1. The highest BCUT2D eigenvalue weighted by atomic mass is 35.5. The van der Waals surface area contributed by atoms with Crippen molar-refractivity contribution in [2.75, 3.05) is 5.32 Å². The van der Waals surface area contributed by atoms with Crippen molar-refractivity contribution in [3.05, 3.63) is 65.6 Å². The molecule has 0 atom stereocenters. The first-order chi connectivity index (χ1) is 10.1. The number of fused-ring (bicyclic) bond motifs is 1. The molecule has 106 valence electrons. The molecule has 3 aromatic rings. The van der Waals surface area contributed by atoms with Gasteiger partial charge in [0.15, 0.2) is 0 Å². The molecule has 1 aromatic heterocycles.